The number of amidine groups is 1. The summed E-state index contributed by atoms with van der Waals surface area (Å²) >= 11 is 0. The molecule has 0 aliphatic heterocycles. The van der Waals surface area contributed by atoms with Crippen molar-refractivity contribution >= 4 is 15.9 Å². The molecule has 1 aromatic heterocycles. The van der Waals surface area contributed by atoms with Gasteiger partial charge in [-0.2, -0.15) is 5.10 Å². The molecule has 0 amide bonds. The molecule has 96 valence electrons. The lowest BCUT2D eigenvalue weighted by Gasteiger charge is -2.15. The molecular formula is C9H17N5O2S. The number of nitrogens with zero attached hydrogens (tertiary/aromatic N) is 2. The highest BCUT2D eigenvalue weighted by Gasteiger charge is 2.20. The molecule has 0 aliphatic carbocycles. The SMILES string of the molecule is CCC(CC(=N)N)NS(=O)(=O)c1cnn(C)c1. The van der Waals surface area contributed by atoms with E-state index in [-0.39, 0.29) is 23.2 Å². The third-order valence-electron chi connectivity index (χ3n) is 2.27. The van der Waals surface area contributed by atoms with Gasteiger partial charge in [-0.25, -0.2) is 13.1 Å². The maximum absolute atomic E-state index is 11.9. The van der Waals surface area contributed by atoms with Gasteiger partial charge in [0.1, 0.15) is 4.90 Å². The summed E-state index contributed by atoms with van der Waals surface area (Å²) in [6.07, 6.45) is 3.47. The molecule has 1 rings (SSSR count). The Balaban J connectivity index is 2.81. The molecule has 0 saturated heterocycles. The average molecular weight is 259 g/mol. The minimum Gasteiger partial charge on any atom is -0.388 e. The number of hydrogen-bond donors (Lipinski definition) is 3. The fourth-order valence-electron chi connectivity index (χ4n) is 1.36. The zero-order chi connectivity index (χ0) is 13.1. The van der Waals surface area contributed by atoms with E-state index in [1.165, 1.54) is 17.1 Å². The van der Waals surface area contributed by atoms with Gasteiger partial charge in [0.15, 0.2) is 0 Å². The number of hydrogen-bond acceptors (Lipinski definition) is 4. The van der Waals surface area contributed by atoms with Crippen molar-refractivity contribution in [1.29, 1.82) is 5.41 Å². The van der Waals surface area contributed by atoms with E-state index in [9.17, 15) is 8.42 Å². The largest absolute Gasteiger partial charge is 0.388 e. The Hall–Kier alpha value is -1.41. The van der Waals surface area contributed by atoms with Crippen molar-refractivity contribution in [3.8, 4) is 0 Å². The van der Waals surface area contributed by atoms with E-state index in [1.807, 2.05) is 6.92 Å². The zero-order valence-corrected chi connectivity index (χ0v) is 10.7. The molecule has 1 atom stereocenters. The van der Waals surface area contributed by atoms with Crippen LogP contribution in [0.3, 0.4) is 0 Å². The fourth-order valence-corrected chi connectivity index (χ4v) is 2.66. The first-order valence-electron chi connectivity index (χ1n) is 5.19. The van der Waals surface area contributed by atoms with E-state index in [2.05, 4.69) is 9.82 Å². The maximum atomic E-state index is 11.9. The highest BCUT2D eigenvalue weighted by Crippen LogP contribution is 2.09. The Kier molecular flexibility index (Phi) is 4.24. The summed E-state index contributed by atoms with van der Waals surface area (Å²) in [5, 5.41) is 11.0. The summed E-state index contributed by atoms with van der Waals surface area (Å²) in [6.45, 7) is 1.83. The van der Waals surface area contributed by atoms with Crippen LogP contribution < -0.4 is 10.5 Å². The van der Waals surface area contributed by atoms with Gasteiger partial charge >= 0.3 is 0 Å². The molecule has 0 fully saturated rings. The van der Waals surface area contributed by atoms with Crippen LogP contribution in [0.25, 0.3) is 0 Å². The molecule has 8 heteroatoms. The Bertz CT molecular complexity index is 493. The van der Waals surface area contributed by atoms with Gasteiger partial charge in [-0.15, -0.1) is 0 Å². The molecular weight excluding hydrogens is 242 g/mol. The van der Waals surface area contributed by atoms with Gasteiger partial charge in [-0.3, -0.25) is 10.1 Å². The second kappa shape index (κ2) is 5.28. The molecule has 1 heterocycles. The van der Waals surface area contributed by atoms with Crippen LogP contribution in [0.15, 0.2) is 17.3 Å². The second-order valence-electron chi connectivity index (χ2n) is 3.81. The molecule has 17 heavy (non-hydrogen) atoms. The van der Waals surface area contributed by atoms with E-state index in [1.54, 1.807) is 7.05 Å². The van der Waals surface area contributed by atoms with Crippen molar-refractivity contribution < 1.29 is 8.42 Å². The number of aromatic nitrogens is 2. The van der Waals surface area contributed by atoms with Crippen LogP contribution in [0, 0.1) is 5.41 Å². The molecule has 1 aromatic rings. The van der Waals surface area contributed by atoms with E-state index in [4.69, 9.17) is 11.1 Å². The smallest absolute Gasteiger partial charge is 0.243 e. The van der Waals surface area contributed by atoms with Crippen molar-refractivity contribution in [3.63, 3.8) is 0 Å². The van der Waals surface area contributed by atoms with Crippen LogP contribution in [0.4, 0.5) is 0 Å². The lowest BCUT2D eigenvalue weighted by atomic mass is 10.1. The number of rotatable bonds is 6. The first-order valence-corrected chi connectivity index (χ1v) is 6.67. The second-order valence-corrected chi connectivity index (χ2v) is 5.52. The lowest BCUT2D eigenvalue weighted by molar-refractivity contribution is 0.545. The number of nitrogens with one attached hydrogen (secondary N) is 2. The van der Waals surface area contributed by atoms with E-state index < -0.39 is 10.0 Å². The van der Waals surface area contributed by atoms with Crippen LogP contribution in [0.5, 0.6) is 0 Å². The van der Waals surface area contributed by atoms with Crippen LogP contribution in [0.1, 0.15) is 19.8 Å². The standard InChI is InChI=1S/C9H17N5O2S/c1-3-7(4-9(10)11)13-17(15,16)8-5-12-14(2)6-8/h5-7,13H,3-4H2,1-2H3,(H3,10,11). The lowest BCUT2D eigenvalue weighted by Crippen LogP contribution is -2.37. The van der Waals surface area contributed by atoms with Gasteiger partial charge in [-0.05, 0) is 6.42 Å². The van der Waals surface area contributed by atoms with E-state index >= 15 is 0 Å². The predicted molar refractivity (Wildman–Crippen MR) is 64.1 cm³/mol. The minimum absolute atomic E-state index is 0.0364. The molecule has 0 radical (unpaired) electrons. The molecule has 0 bridgehead atoms. The summed E-state index contributed by atoms with van der Waals surface area (Å²) < 4.78 is 27.8. The molecule has 4 N–H and O–H groups in total. The monoisotopic (exact) mass is 259 g/mol. The van der Waals surface area contributed by atoms with Crippen LogP contribution in [-0.2, 0) is 17.1 Å². The molecule has 0 spiro atoms. The summed E-state index contributed by atoms with van der Waals surface area (Å²) in [4.78, 5) is 0.113. The number of aryl methyl sites for hydroxylation is 1. The average Bonchev–Trinajstić information content (AvgIpc) is 2.63. The van der Waals surface area contributed by atoms with Crippen molar-refractivity contribution in [2.75, 3.05) is 0 Å². The zero-order valence-electron chi connectivity index (χ0n) is 9.84. The van der Waals surface area contributed by atoms with Crippen LogP contribution >= 0.6 is 0 Å². The molecule has 0 saturated carbocycles. The van der Waals surface area contributed by atoms with E-state index in [0.717, 1.165) is 0 Å². The number of sulfonamides is 1. The topological polar surface area (TPSA) is 114 Å². The van der Waals surface area contributed by atoms with Gasteiger partial charge in [0.2, 0.25) is 10.0 Å². The Labute approximate surface area is 101 Å². The van der Waals surface area contributed by atoms with E-state index in [0.29, 0.717) is 6.42 Å². The summed E-state index contributed by atoms with van der Waals surface area (Å²) in [6, 6.07) is -0.363. The van der Waals surface area contributed by atoms with Gasteiger partial charge < -0.3 is 5.73 Å². The minimum atomic E-state index is -3.58. The third kappa shape index (κ3) is 3.82. The third-order valence-corrected chi connectivity index (χ3v) is 3.75. The normalized spacial score (nSPS) is 13.5. The summed E-state index contributed by atoms with van der Waals surface area (Å²) in [7, 11) is -1.94. The van der Waals surface area contributed by atoms with Crippen molar-refractivity contribution in [2.24, 2.45) is 12.8 Å². The molecule has 1 unspecified atom stereocenters. The van der Waals surface area contributed by atoms with Gasteiger partial charge in [0.05, 0.1) is 12.0 Å². The van der Waals surface area contributed by atoms with Crippen LogP contribution in [0.2, 0.25) is 0 Å². The first kappa shape index (κ1) is 13.7. The van der Waals surface area contributed by atoms with Gasteiger partial charge in [-0.1, -0.05) is 6.92 Å². The van der Waals surface area contributed by atoms with Gasteiger partial charge in [0, 0.05) is 25.7 Å². The van der Waals surface area contributed by atoms with Crippen molar-refractivity contribution in [3.05, 3.63) is 12.4 Å². The molecule has 7 nitrogen and oxygen atoms in total. The Morgan fingerprint density at radius 2 is 2.35 bits per heavy atom. The van der Waals surface area contributed by atoms with Crippen LogP contribution in [-0.4, -0.2) is 30.1 Å². The summed E-state index contributed by atoms with van der Waals surface area (Å²) in [5.74, 6) is -0.0364. The summed E-state index contributed by atoms with van der Waals surface area (Å²) in [5.41, 5.74) is 5.26. The predicted octanol–water partition coefficient (Wildman–Crippen LogP) is -0.197. The Morgan fingerprint density at radius 1 is 1.71 bits per heavy atom. The van der Waals surface area contributed by atoms with Gasteiger partial charge in [0.25, 0.3) is 0 Å². The first-order chi connectivity index (χ1) is 7.85. The highest BCUT2D eigenvalue weighted by atomic mass is 32.2. The maximum Gasteiger partial charge on any atom is 0.243 e. The van der Waals surface area contributed by atoms with Crippen molar-refractivity contribution in [2.45, 2.75) is 30.7 Å². The molecule has 0 aliphatic rings. The highest BCUT2D eigenvalue weighted by molar-refractivity contribution is 7.89. The Morgan fingerprint density at radius 3 is 2.76 bits per heavy atom. The fraction of sp³-hybridized carbons (Fsp3) is 0.556. The molecule has 0 aromatic carbocycles. The quantitative estimate of drug-likeness (QED) is 0.485. The number of nitrogens with two attached hydrogens (primary N) is 1. The van der Waals surface area contributed by atoms with Crippen molar-refractivity contribution in [1.82, 2.24) is 14.5 Å².